The number of hydrogen-bond acceptors (Lipinski definition) is 5. The van der Waals surface area contributed by atoms with Gasteiger partial charge in [0.2, 0.25) is 0 Å². The quantitative estimate of drug-likeness (QED) is 0.445. The first-order valence-corrected chi connectivity index (χ1v) is 7.36. The van der Waals surface area contributed by atoms with E-state index >= 15 is 0 Å². The zero-order valence-corrected chi connectivity index (χ0v) is 13.2. The maximum absolute atomic E-state index is 11.9. The van der Waals surface area contributed by atoms with E-state index in [0.29, 0.717) is 12.8 Å². The molecule has 2 aromatic rings. The second kappa shape index (κ2) is 5.56. The Morgan fingerprint density at radius 3 is 2.46 bits per heavy atom. The summed E-state index contributed by atoms with van der Waals surface area (Å²) in [5.74, 6) is -3.55. The van der Waals surface area contributed by atoms with Crippen LogP contribution in [0.25, 0.3) is 10.8 Å². The minimum Gasteiger partial charge on any atom is -0.506 e. The number of esters is 1. The van der Waals surface area contributed by atoms with E-state index in [9.17, 15) is 24.9 Å². The summed E-state index contributed by atoms with van der Waals surface area (Å²) in [5.41, 5.74) is 1.61. The van der Waals surface area contributed by atoms with Crippen molar-refractivity contribution in [1.29, 1.82) is 0 Å². The van der Waals surface area contributed by atoms with Crippen LogP contribution in [0.5, 0.6) is 11.5 Å². The molecule has 0 amide bonds. The molecule has 0 saturated heterocycles. The minimum atomic E-state index is -1.51. The summed E-state index contributed by atoms with van der Waals surface area (Å²) in [6, 6.07) is 3.39. The number of hydrogen-bond donors (Lipinski definition) is 3. The highest BCUT2D eigenvalue weighted by molar-refractivity contribution is 6.14. The van der Waals surface area contributed by atoms with Crippen molar-refractivity contribution in [3.63, 3.8) is 0 Å². The third-order valence-corrected chi connectivity index (χ3v) is 4.35. The summed E-state index contributed by atoms with van der Waals surface area (Å²) in [7, 11) is 1.08. The van der Waals surface area contributed by atoms with Gasteiger partial charge in [-0.3, -0.25) is 0 Å². The van der Waals surface area contributed by atoms with Gasteiger partial charge in [-0.2, -0.15) is 0 Å². The maximum Gasteiger partial charge on any atom is 0.342 e. The number of phenolic OH excluding ortho intramolecular Hbond substituents is 1. The van der Waals surface area contributed by atoms with Crippen molar-refractivity contribution in [3.05, 3.63) is 46.0 Å². The molecule has 6 heteroatoms. The normalized spacial score (nSPS) is 13.3. The fraction of sp³-hybridized carbons (Fsp3) is 0.222. The molecule has 0 radical (unpaired) electrons. The third-order valence-electron chi connectivity index (χ3n) is 4.35. The molecule has 0 atom stereocenters. The first-order chi connectivity index (χ1) is 11.4. The Morgan fingerprint density at radius 2 is 1.83 bits per heavy atom. The van der Waals surface area contributed by atoms with Gasteiger partial charge in [0.15, 0.2) is 0 Å². The van der Waals surface area contributed by atoms with Crippen molar-refractivity contribution in [3.8, 4) is 11.5 Å². The van der Waals surface area contributed by atoms with Crippen LogP contribution in [0.15, 0.2) is 23.8 Å². The van der Waals surface area contributed by atoms with Gasteiger partial charge >= 0.3 is 11.9 Å². The molecule has 0 spiro atoms. The van der Waals surface area contributed by atoms with Crippen LogP contribution in [-0.4, -0.2) is 34.4 Å². The van der Waals surface area contributed by atoms with Crippen molar-refractivity contribution in [2.45, 2.75) is 19.8 Å². The molecule has 24 heavy (non-hydrogen) atoms. The number of ether oxygens (including phenoxy) is 1. The number of phenols is 2. The van der Waals surface area contributed by atoms with E-state index in [4.69, 9.17) is 0 Å². The Kier molecular flexibility index (Phi) is 3.67. The first kappa shape index (κ1) is 15.9. The number of fused-ring (bicyclic) bond motifs is 3. The van der Waals surface area contributed by atoms with Gasteiger partial charge < -0.3 is 20.1 Å². The molecule has 3 N–H and O–H groups in total. The van der Waals surface area contributed by atoms with Crippen LogP contribution in [-0.2, 0) is 17.6 Å². The third kappa shape index (κ3) is 2.19. The number of allylic oxidation sites excluding steroid dienone is 2. The molecule has 2 aromatic carbocycles. The lowest BCUT2D eigenvalue weighted by atomic mass is 9.85. The van der Waals surface area contributed by atoms with Crippen LogP contribution in [0, 0.1) is 0 Å². The largest absolute Gasteiger partial charge is 0.506 e. The summed E-state index contributed by atoms with van der Waals surface area (Å²) < 4.78 is 4.56. The minimum absolute atomic E-state index is 0.228. The summed E-state index contributed by atoms with van der Waals surface area (Å²) in [4.78, 5) is 23.5. The van der Waals surface area contributed by atoms with Crippen molar-refractivity contribution in [2.75, 3.05) is 7.11 Å². The van der Waals surface area contributed by atoms with Crippen LogP contribution in [0.2, 0.25) is 0 Å². The molecular formula is C18H16O6. The number of aromatic carboxylic acids is 1. The standard InChI is InChI=1S/C18H16O6/c1-8-3-4-9-5-6-10-12(11(9)7-8)16(20)13(17(21)22)14(15(10)19)18(23)24-2/h3,5-6,19-20H,4,7H2,1-2H3,(H,21,22). The van der Waals surface area contributed by atoms with E-state index in [1.165, 1.54) is 0 Å². The molecule has 0 unspecified atom stereocenters. The van der Waals surface area contributed by atoms with Gasteiger partial charge in [0, 0.05) is 10.8 Å². The average molecular weight is 328 g/mol. The predicted octanol–water partition coefficient (Wildman–Crippen LogP) is 2.78. The summed E-state index contributed by atoms with van der Waals surface area (Å²) in [6.45, 7) is 1.94. The Hall–Kier alpha value is -3.02. The Balaban J connectivity index is 2.48. The fourth-order valence-electron chi connectivity index (χ4n) is 3.19. The fourth-order valence-corrected chi connectivity index (χ4v) is 3.19. The van der Waals surface area contributed by atoms with E-state index in [0.717, 1.165) is 23.8 Å². The maximum atomic E-state index is 11.9. The molecular weight excluding hydrogens is 312 g/mol. The van der Waals surface area contributed by atoms with Gasteiger partial charge in [0.25, 0.3) is 0 Å². The zero-order chi connectivity index (χ0) is 17.6. The van der Waals surface area contributed by atoms with Crippen molar-refractivity contribution in [1.82, 2.24) is 0 Å². The van der Waals surface area contributed by atoms with Crippen LogP contribution in [0.1, 0.15) is 38.8 Å². The average Bonchev–Trinajstić information content (AvgIpc) is 2.55. The molecule has 0 bridgehead atoms. The highest BCUT2D eigenvalue weighted by atomic mass is 16.5. The molecule has 0 saturated carbocycles. The monoisotopic (exact) mass is 328 g/mol. The molecule has 3 rings (SSSR count). The Morgan fingerprint density at radius 1 is 1.12 bits per heavy atom. The molecule has 0 aliphatic heterocycles. The molecule has 124 valence electrons. The highest BCUT2D eigenvalue weighted by Gasteiger charge is 2.30. The summed E-state index contributed by atoms with van der Waals surface area (Å²) in [6.07, 6.45) is 3.26. The first-order valence-electron chi connectivity index (χ1n) is 7.36. The van der Waals surface area contributed by atoms with Gasteiger partial charge in [-0.05, 0) is 30.9 Å². The van der Waals surface area contributed by atoms with Crippen molar-refractivity contribution < 1.29 is 29.6 Å². The molecule has 0 heterocycles. The van der Waals surface area contributed by atoms with E-state index in [-0.39, 0.29) is 10.8 Å². The van der Waals surface area contributed by atoms with Crippen LogP contribution >= 0.6 is 0 Å². The number of methoxy groups -OCH3 is 1. The van der Waals surface area contributed by atoms with E-state index in [1.807, 2.05) is 6.92 Å². The van der Waals surface area contributed by atoms with Gasteiger partial charge in [-0.1, -0.05) is 23.8 Å². The lowest BCUT2D eigenvalue weighted by molar-refractivity contribution is 0.0578. The van der Waals surface area contributed by atoms with Gasteiger partial charge in [-0.25, -0.2) is 9.59 Å². The van der Waals surface area contributed by atoms with Crippen LogP contribution in [0.4, 0.5) is 0 Å². The number of rotatable bonds is 2. The Labute approximate surface area is 137 Å². The van der Waals surface area contributed by atoms with E-state index in [2.05, 4.69) is 10.8 Å². The van der Waals surface area contributed by atoms with Gasteiger partial charge in [0.1, 0.15) is 22.6 Å². The number of carboxylic acid groups (broad SMARTS) is 1. The van der Waals surface area contributed by atoms with E-state index in [1.54, 1.807) is 12.1 Å². The SMILES string of the molecule is COC(=O)c1c(C(=O)O)c(O)c2c3c(ccc2c1O)CC=C(C)C3. The second-order valence-corrected chi connectivity index (χ2v) is 5.80. The highest BCUT2D eigenvalue weighted by Crippen LogP contribution is 2.43. The van der Waals surface area contributed by atoms with Gasteiger partial charge in [0.05, 0.1) is 7.11 Å². The molecule has 1 aliphatic carbocycles. The summed E-state index contributed by atoms with van der Waals surface area (Å²) in [5, 5.41) is 31.0. The molecule has 0 aromatic heterocycles. The van der Waals surface area contributed by atoms with Crippen molar-refractivity contribution >= 4 is 22.7 Å². The number of benzene rings is 2. The molecule has 6 nitrogen and oxygen atoms in total. The Bertz CT molecular complexity index is 923. The smallest absolute Gasteiger partial charge is 0.342 e. The number of aromatic hydroxyl groups is 2. The molecule has 1 aliphatic rings. The lowest BCUT2D eigenvalue weighted by Crippen LogP contribution is -2.12. The van der Waals surface area contributed by atoms with Crippen LogP contribution in [0.3, 0.4) is 0 Å². The van der Waals surface area contributed by atoms with Crippen LogP contribution < -0.4 is 0 Å². The summed E-state index contributed by atoms with van der Waals surface area (Å²) >= 11 is 0. The number of carbonyl (C=O) groups excluding carboxylic acids is 1. The topological polar surface area (TPSA) is 104 Å². The predicted molar refractivity (Wildman–Crippen MR) is 86.7 cm³/mol. The number of carboxylic acids is 1. The second-order valence-electron chi connectivity index (χ2n) is 5.80. The van der Waals surface area contributed by atoms with E-state index < -0.39 is 34.6 Å². The number of carbonyl (C=O) groups is 2. The lowest BCUT2D eigenvalue weighted by Gasteiger charge is -2.20. The zero-order valence-electron chi connectivity index (χ0n) is 13.2. The van der Waals surface area contributed by atoms with Gasteiger partial charge in [-0.15, -0.1) is 0 Å². The molecule has 0 fully saturated rings. The van der Waals surface area contributed by atoms with Crippen molar-refractivity contribution in [2.24, 2.45) is 0 Å².